The van der Waals surface area contributed by atoms with Gasteiger partial charge in [-0.25, -0.2) is 4.98 Å². The van der Waals surface area contributed by atoms with Crippen LogP contribution in [0.25, 0.3) is 0 Å². The van der Waals surface area contributed by atoms with Gasteiger partial charge in [-0.1, -0.05) is 50.3 Å². The number of amidine groups is 1. The molecule has 0 N–H and O–H groups in total. The van der Waals surface area contributed by atoms with Crippen LogP contribution in [0.4, 0.5) is 5.69 Å². The van der Waals surface area contributed by atoms with Crippen molar-refractivity contribution in [3.8, 4) is 0 Å². The standard InChI is InChI=1S/C23H22BrN3O/c1-3-15(2)16-8-11-18(12-9-16)27-22(17-10-13-21(24)25-14-17)26-20-7-5-4-6-19(20)23(27)28/h4-15,19-20H,3H2,1-2H3. The molecule has 1 aromatic carbocycles. The molecule has 0 spiro atoms. The predicted octanol–water partition coefficient (Wildman–Crippen LogP) is 5.26. The van der Waals surface area contributed by atoms with Crippen LogP contribution in [0.15, 0.2) is 76.5 Å². The van der Waals surface area contributed by atoms with Gasteiger partial charge < -0.3 is 0 Å². The topological polar surface area (TPSA) is 45.6 Å². The molecule has 1 aromatic heterocycles. The van der Waals surface area contributed by atoms with Gasteiger partial charge in [0.1, 0.15) is 10.4 Å². The second kappa shape index (κ2) is 7.84. The molecule has 0 fully saturated rings. The molecule has 2 aliphatic rings. The molecule has 0 bridgehead atoms. The van der Waals surface area contributed by atoms with Gasteiger partial charge in [0.25, 0.3) is 0 Å². The third-order valence-electron chi connectivity index (χ3n) is 5.41. The Morgan fingerprint density at radius 2 is 1.86 bits per heavy atom. The van der Waals surface area contributed by atoms with Crippen LogP contribution in [-0.2, 0) is 4.79 Å². The first kappa shape index (κ1) is 18.8. The Labute approximate surface area is 173 Å². The molecule has 2 aromatic rings. The number of benzene rings is 1. The molecule has 28 heavy (non-hydrogen) atoms. The number of nitrogens with zero attached hydrogens (tertiary/aromatic N) is 3. The summed E-state index contributed by atoms with van der Waals surface area (Å²) in [5.41, 5.74) is 2.93. The third-order valence-corrected chi connectivity index (χ3v) is 5.88. The summed E-state index contributed by atoms with van der Waals surface area (Å²) in [5.74, 6) is 0.898. The minimum Gasteiger partial charge on any atom is -0.273 e. The zero-order valence-electron chi connectivity index (χ0n) is 15.9. The number of hydrogen-bond donors (Lipinski definition) is 0. The summed E-state index contributed by atoms with van der Waals surface area (Å²) in [6.07, 6.45) is 10.6. The van der Waals surface area contributed by atoms with Crippen molar-refractivity contribution in [1.29, 1.82) is 0 Å². The van der Waals surface area contributed by atoms with Crippen molar-refractivity contribution in [2.75, 3.05) is 4.90 Å². The van der Waals surface area contributed by atoms with Gasteiger partial charge >= 0.3 is 0 Å². The van der Waals surface area contributed by atoms with E-state index in [2.05, 4.69) is 46.9 Å². The summed E-state index contributed by atoms with van der Waals surface area (Å²) in [4.78, 5) is 24.4. The number of pyridine rings is 1. The fraction of sp³-hybridized carbons (Fsp3) is 0.261. The number of aromatic nitrogens is 1. The Kier molecular flexibility index (Phi) is 5.27. The molecular weight excluding hydrogens is 414 g/mol. The first-order chi connectivity index (χ1) is 13.6. The summed E-state index contributed by atoms with van der Waals surface area (Å²) < 4.78 is 0.752. The molecule has 142 valence electrons. The van der Waals surface area contributed by atoms with E-state index >= 15 is 0 Å². The molecule has 2 heterocycles. The predicted molar refractivity (Wildman–Crippen MR) is 117 cm³/mol. The number of carbonyl (C=O) groups excluding carboxylic acids is 1. The fourth-order valence-corrected chi connectivity index (χ4v) is 3.78. The number of amides is 1. The molecule has 1 aliphatic heterocycles. The summed E-state index contributed by atoms with van der Waals surface area (Å²) in [6, 6.07) is 11.9. The van der Waals surface area contributed by atoms with Crippen LogP contribution in [0.2, 0.25) is 0 Å². The average molecular weight is 436 g/mol. The van der Waals surface area contributed by atoms with Gasteiger partial charge in [-0.15, -0.1) is 0 Å². The molecule has 1 aliphatic carbocycles. The maximum absolute atomic E-state index is 13.4. The van der Waals surface area contributed by atoms with Crippen molar-refractivity contribution >= 4 is 33.4 Å². The number of rotatable bonds is 4. The summed E-state index contributed by atoms with van der Waals surface area (Å²) in [5, 5.41) is 0. The zero-order valence-corrected chi connectivity index (χ0v) is 17.5. The van der Waals surface area contributed by atoms with Crippen molar-refractivity contribution < 1.29 is 4.79 Å². The summed E-state index contributed by atoms with van der Waals surface area (Å²) in [7, 11) is 0. The van der Waals surface area contributed by atoms with E-state index in [0.717, 1.165) is 22.3 Å². The van der Waals surface area contributed by atoms with Crippen LogP contribution in [0.5, 0.6) is 0 Å². The second-order valence-electron chi connectivity index (χ2n) is 7.18. The van der Waals surface area contributed by atoms with E-state index in [-0.39, 0.29) is 17.9 Å². The van der Waals surface area contributed by atoms with Crippen LogP contribution in [0, 0.1) is 5.92 Å². The van der Waals surface area contributed by atoms with Gasteiger partial charge in [-0.05, 0) is 58.1 Å². The Morgan fingerprint density at radius 1 is 1.11 bits per heavy atom. The van der Waals surface area contributed by atoms with Crippen molar-refractivity contribution in [3.63, 3.8) is 0 Å². The SMILES string of the molecule is CCC(C)c1ccc(N2C(=O)C3C=CC=CC3N=C2c2ccc(Br)nc2)cc1. The Balaban J connectivity index is 1.79. The largest absolute Gasteiger partial charge is 0.273 e. The van der Waals surface area contributed by atoms with Gasteiger partial charge in [0.2, 0.25) is 5.91 Å². The highest BCUT2D eigenvalue weighted by molar-refractivity contribution is 9.10. The molecule has 0 saturated carbocycles. The van der Waals surface area contributed by atoms with E-state index in [9.17, 15) is 4.79 Å². The molecule has 3 atom stereocenters. The second-order valence-corrected chi connectivity index (χ2v) is 8.00. The van der Waals surface area contributed by atoms with Crippen LogP contribution in [0.3, 0.4) is 0 Å². The van der Waals surface area contributed by atoms with E-state index in [1.54, 1.807) is 11.1 Å². The fourth-order valence-electron chi connectivity index (χ4n) is 3.55. The molecule has 4 rings (SSSR count). The van der Waals surface area contributed by atoms with Gasteiger partial charge in [-0.2, -0.15) is 0 Å². The van der Waals surface area contributed by atoms with Crippen LogP contribution in [-0.4, -0.2) is 22.8 Å². The molecular formula is C23H22BrN3O. The quantitative estimate of drug-likeness (QED) is 0.614. The maximum Gasteiger partial charge on any atom is 0.242 e. The number of hydrogen-bond acceptors (Lipinski definition) is 3. The Bertz CT molecular complexity index is 960. The highest BCUT2D eigenvalue weighted by Gasteiger charge is 2.38. The van der Waals surface area contributed by atoms with E-state index in [1.807, 2.05) is 48.6 Å². The van der Waals surface area contributed by atoms with Crippen molar-refractivity contribution in [1.82, 2.24) is 4.98 Å². The number of halogens is 1. The summed E-state index contributed by atoms with van der Waals surface area (Å²) in [6.45, 7) is 4.40. The molecule has 1 amide bonds. The number of fused-ring (bicyclic) bond motifs is 1. The lowest BCUT2D eigenvalue weighted by Gasteiger charge is -2.35. The number of aliphatic imine (C=N–C) groups is 1. The highest BCUT2D eigenvalue weighted by atomic mass is 79.9. The Morgan fingerprint density at radius 3 is 2.54 bits per heavy atom. The van der Waals surface area contributed by atoms with Gasteiger partial charge in [0, 0.05) is 11.8 Å². The van der Waals surface area contributed by atoms with E-state index in [4.69, 9.17) is 4.99 Å². The normalized spacial score (nSPS) is 22.0. The van der Waals surface area contributed by atoms with E-state index in [0.29, 0.717) is 11.8 Å². The summed E-state index contributed by atoms with van der Waals surface area (Å²) >= 11 is 3.37. The lowest BCUT2D eigenvalue weighted by molar-refractivity contribution is -0.120. The van der Waals surface area contributed by atoms with Crippen LogP contribution in [0.1, 0.15) is 37.3 Å². The van der Waals surface area contributed by atoms with Crippen LogP contribution >= 0.6 is 15.9 Å². The van der Waals surface area contributed by atoms with Crippen molar-refractivity contribution in [3.05, 3.63) is 82.6 Å². The Hall–Kier alpha value is -2.53. The minimum atomic E-state index is -0.272. The molecule has 5 heteroatoms. The van der Waals surface area contributed by atoms with Gasteiger partial charge in [-0.3, -0.25) is 14.7 Å². The molecule has 0 saturated heterocycles. The average Bonchev–Trinajstić information content (AvgIpc) is 2.74. The van der Waals surface area contributed by atoms with Crippen molar-refractivity contribution in [2.45, 2.75) is 32.2 Å². The smallest absolute Gasteiger partial charge is 0.242 e. The first-order valence-electron chi connectivity index (χ1n) is 9.57. The molecule has 3 unspecified atom stereocenters. The van der Waals surface area contributed by atoms with Gasteiger partial charge in [0.05, 0.1) is 17.6 Å². The lowest BCUT2D eigenvalue weighted by atomic mass is 9.91. The molecule has 4 nitrogen and oxygen atoms in total. The molecule has 0 radical (unpaired) electrons. The van der Waals surface area contributed by atoms with E-state index < -0.39 is 0 Å². The van der Waals surface area contributed by atoms with Crippen LogP contribution < -0.4 is 4.90 Å². The third kappa shape index (κ3) is 3.47. The maximum atomic E-state index is 13.4. The van der Waals surface area contributed by atoms with Gasteiger partial charge in [0.15, 0.2) is 0 Å². The zero-order chi connectivity index (χ0) is 19.7. The number of anilines is 1. The van der Waals surface area contributed by atoms with Crippen molar-refractivity contribution in [2.24, 2.45) is 10.9 Å². The lowest BCUT2D eigenvalue weighted by Crippen LogP contribution is -2.49. The number of allylic oxidation sites excluding steroid dienone is 2. The monoisotopic (exact) mass is 435 g/mol. The minimum absolute atomic E-state index is 0.0369. The number of carbonyl (C=O) groups is 1. The highest BCUT2D eigenvalue weighted by Crippen LogP contribution is 2.31. The first-order valence-corrected chi connectivity index (χ1v) is 10.4. The van der Waals surface area contributed by atoms with E-state index in [1.165, 1.54) is 5.56 Å².